The summed E-state index contributed by atoms with van der Waals surface area (Å²) < 4.78 is 42.8. The number of carbonyl (C=O) groups is 1. The minimum atomic E-state index is -5.08. The highest BCUT2D eigenvalue weighted by Gasteiger charge is 2.38. The highest BCUT2D eigenvalue weighted by Crippen LogP contribution is 2.30. The second-order valence-electron chi connectivity index (χ2n) is 7.72. The zero-order valence-electron chi connectivity index (χ0n) is 18.5. The Labute approximate surface area is 191 Å². The molecule has 9 heteroatoms. The zero-order chi connectivity index (χ0) is 24.3. The van der Waals surface area contributed by atoms with E-state index in [2.05, 4.69) is 4.90 Å². The quantitative estimate of drug-likeness (QED) is 0.553. The molecule has 0 saturated carbocycles. The Morgan fingerprint density at radius 2 is 1.70 bits per heavy atom. The maximum absolute atomic E-state index is 10.6. The third-order valence-electron chi connectivity index (χ3n) is 5.39. The summed E-state index contributed by atoms with van der Waals surface area (Å²) in [5.74, 6) is -0.718. The van der Waals surface area contributed by atoms with E-state index >= 15 is 0 Å². The van der Waals surface area contributed by atoms with Crippen LogP contribution < -0.4 is 9.47 Å². The first-order valence-corrected chi connectivity index (χ1v) is 10.7. The number of benzene rings is 2. The first-order valence-electron chi connectivity index (χ1n) is 10.7. The summed E-state index contributed by atoms with van der Waals surface area (Å²) in [5, 5.41) is 17.7. The maximum Gasteiger partial charge on any atom is 0.490 e. The second kappa shape index (κ2) is 13.1. The molecule has 1 unspecified atom stereocenters. The van der Waals surface area contributed by atoms with Crippen LogP contribution in [0.1, 0.15) is 30.9 Å². The summed E-state index contributed by atoms with van der Waals surface area (Å²) in [6.45, 7) is 3.85. The predicted molar refractivity (Wildman–Crippen MR) is 117 cm³/mol. The fourth-order valence-electron chi connectivity index (χ4n) is 3.58. The van der Waals surface area contributed by atoms with Crippen LogP contribution in [0.25, 0.3) is 0 Å². The summed E-state index contributed by atoms with van der Waals surface area (Å²) in [4.78, 5) is 11.4. The number of carboxylic acid groups (broad SMARTS) is 1. The van der Waals surface area contributed by atoms with E-state index in [1.807, 2.05) is 54.6 Å². The molecule has 0 aromatic heterocycles. The summed E-state index contributed by atoms with van der Waals surface area (Å²) in [7, 11) is 1.66. The van der Waals surface area contributed by atoms with E-state index in [-0.39, 0.29) is 6.10 Å². The lowest BCUT2D eigenvalue weighted by atomic mass is 9.87. The first-order chi connectivity index (χ1) is 15.7. The van der Waals surface area contributed by atoms with Gasteiger partial charge in [-0.2, -0.15) is 13.2 Å². The average Bonchev–Trinajstić information content (AvgIpc) is 2.82. The molecule has 0 spiro atoms. The molecule has 0 bridgehead atoms. The fourth-order valence-corrected chi connectivity index (χ4v) is 3.58. The third kappa shape index (κ3) is 9.31. The number of aliphatic hydroxyl groups excluding tert-OH is 1. The van der Waals surface area contributed by atoms with E-state index in [0.29, 0.717) is 12.5 Å². The number of alkyl halides is 3. The Morgan fingerprint density at radius 1 is 1.09 bits per heavy atom. The Morgan fingerprint density at radius 3 is 2.27 bits per heavy atom. The van der Waals surface area contributed by atoms with Crippen LogP contribution in [-0.2, 0) is 4.79 Å². The summed E-state index contributed by atoms with van der Waals surface area (Å²) in [6.07, 6.45) is -2.32. The standard InChI is InChI=1S/C22H29NO3.C2HF3O2/c1-25-20-9-5-10-21(17-20)26-16-6-13-23-14-11-19(12-15-23)22(24)18-7-3-2-4-8-18;3-2(4,5)1(6)7/h2-5,7-10,17,19,22,24H,6,11-16H2,1H3;(H,6,7). The predicted octanol–water partition coefficient (Wildman–Crippen LogP) is 4.54. The van der Waals surface area contributed by atoms with Crippen molar-refractivity contribution in [2.24, 2.45) is 5.92 Å². The number of rotatable bonds is 8. The number of hydrogen-bond donors (Lipinski definition) is 2. The van der Waals surface area contributed by atoms with Crippen molar-refractivity contribution in [1.29, 1.82) is 0 Å². The van der Waals surface area contributed by atoms with Crippen LogP contribution in [0.4, 0.5) is 13.2 Å². The van der Waals surface area contributed by atoms with Gasteiger partial charge in [0.25, 0.3) is 0 Å². The molecule has 6 nitrogen and oxygen atoms in total. The molecular weight excluding hydrogens is 439 g/mol. The van der Waals surface area contributed by atoms with Crippen molar-refractivity contribution >= 4 is 5.97 Å². The minimum absolute atomic E-state index is 0.338. The number of ether oxygens (including phenoxy) is 2. The van der Waals surface area contributed by atoms with Crippen LogP contribution in [0.5, 0.6) is 11.5 Å². The van der Waals surface area contributed by atoms with Crippen LogP contribution >= 0.6 is 0 Å². The van der Waals surface area contributed by atoms with Gasteiger partial charge in [-0.1, -0.05) is 36.4 Å². The maximum atomic E-state index is 10.6. The number of halogens is 3. The summed E-state index contributed by atoms with van der Waals surface area (Å²) >= 11 is 0. The second-order valence-corrected chi connectivity index (χ2v) is 7.72. The van der Waals surface area contributed by atoms with Gasteiger partial charge in [-0.25, -0.2) is 4.79 Å². The van der Waals surface area contributed by atoms with Crippen molar-refractivity contribution < 1.29 is 37.7 Å². The summed E-state index contributed by atoms with van der Waals surface area (Å²) in [6, 6.07) is 17.8. The molecule has 3 rings (SSSR count). The molecule has 1 saturated heterocycles. The molecule has 0 aliphatic carbocycles. The number of nitrogens with zero attached hydrogens (tertiary/aromatic N) is 1. The number of hydrogen-bond acceptors (Lipinski definition) is 5. The highest BCUT2D eigenvalue weighted by molar-refractivity contribution is 5.73. The molecular formula is C24H30F3NO5. The van der Waals surface area contributed by atoms with Crippen molar-refractivity contribution in [3.05, 3.63) is 60.2 Å². The smallest absolute Gasteiger partial charge is 0.490 e. The Bertz CT molecular complexity index is 839. The Kier molecular flexibility index (Phi) is 10.5. The van der Waals surface area contributed by atoms with Crippen molar-refractivity contribution in [3.63, 3.8) is 0 Å². The Hall–Kier alpha value is -2.78. The lowest BCUT2D eigenvalue weighted by Gasteiger charge is -2.34. The van der Waals surface area contributed by atoms with Crippen molar-refractivity contribution in [3.8, 4) is 11.5 Å². The van der Waals surface area contributed by atoms with Gasteiger partial charge >= 0.3 is 12.1 Å². The van der Waals surface area contributed by atoms with Crippen LogP contribution in [0, 0.1) is 5.92 Å². The topological polar surface area (TPSA) is 79.2 Å². The fraction of sp³-hybridized carbons (Fsp3) is 0.458. The number of aliphatic carboxylic acids is 1. The molecule has 1 atom stereocenters. The molecule has 0 amide bonds. The summed E-state index contributed by atoms with van der Waals surface area (Å²) in [5.41, 5.74) is 1.04. The van der Waals surface area contributed by atoms with Crippen LogP contribution in [0.15, 0.2) is 54.6 Å². The van der Waals surface area contributed by atoms with Gasteiger partial charge in [-0.05, 0) is 56.0 Å². The van der Waals surface area contributed by atoms with Crippen LogP contribution in [0.3, 0.4) is 0 Å². The van der Waals surface area contributed by atoms with E-state index in [1.165, 1.54) is 0 Å². The molecule has 182 valence electrons. The number of likely N-dealkylation sites (tertiary alicyclic amines) is 1. The van der Waals surface area contributed by atoms with Gasteiger partial charge in [0.2, 0.25) is 0 Å². The largest absolute Gasteiger partial charge is 0.497 e. The molecule has 2 aromatic carbocycles. The first kappa shape index (κ1) is 26.5. The SMILES string of the molecule is COc1cccc(OCCCN2CCC(C(O)c3ccccc3)CC2)c1.O=C(O)C(F)(F)F. The molecule has 1 aliphatic rings. The lowest BCUT2D eigenvalue weighted by molar-refractivity contribution is -0.192. The van der Waals surface area contributed by atoms with Gasteiger partial charge < -0.3 is 24.6 Å². The van der Waals surface area contributed by atoms with Gasteiger partial charge in [0.05, 0.1) is 19.8 Å². The molecule has 33 heavy (non-hydrogen) atoms. The van der Waals surface area contributed by atoms with Gasteiger partial charge in [0.15, 0.2) is 0 Å². The average molecular weight is 470 g/mol. The van der Waals surface area contributed by atoms with E-state index in [0.717, 1.165) is 56.0 Å². The van der Waals surface area contributed by atoms with Crippen molar-refractivity contribution in [2.75, 3.05) is 33.4 Å². The van der Waals surface area contributed by atoms with Gasteiger partial charge in [-0.3, -0.25) is 0 Å². The molecule has 0 radical (unpaired) electrons. The highest BCUT2D eigenvalue weighted by atomic mass is 19.4. The Balaban J connectivity index is 0.000000479. The number of carboxylic acids is 1. The third-order valence-corrected chi connectivity index (χ3v) is 5.39. The van der Waals surface area contributed by atoms with E-state index < -0.39 is 12.1 Å². The molecule has 1 fully saturated rings. The molecule has 1 aliphatic heterocycles. The zero-order valence-corrected chi connectivity index (χ0v) is 18.5. The lowest BCUT2D eigenvalue weighted by Crippen LogP contribution is -2.36. The van der Waals surface area contributed by atoms with Gasteiger partial charge in [0.1, 0.15) is 11.5 Å². The molecule has 1 heterocycles. The van der Waals surface area contributed by atoms with E-state index in [1.54, 1.807) is 7.11 Å². The van der Waals surface area contributed by atoms with E-state index in [4.69, 9.17) is 19.4 Å². The number of aliphatic hydroxyl groups is 1. The van der Waals surface area contributed by atoms with Crippen LogP contribution in [0.2, 0.25) is 0 Å². The van der Waals surface area contributed by atoms with Crippen molar-refractivity contribution in [1.82, 2.24) is 4.90 Å². The van der Waals surface area contributed by atoms with Crippen molar-refractivity contribution in [2.45, 2.75) is 31.5 Å². The molecule has 2 N–H and O–H groups in total. The van der Waals surface area contributed by atoms with Gasteiger partial charge in [-0.15, -0.1) is 0 Å². The van der Waals surface area contributed by atoms with E-state index in [9.17, 15) is 18.3 Å². The minimum Gasteiger partial charge on any atom is -0.497 e. The number of methoxy groups -OCH3 is 1. The van der Waals surface area contributed by atoms with Crippen LogP contribution in [-0.4, -0.2) is 60.6 Å². The monoisotopic (exact) mass is 469 g/mol. The number of piperidine rings is 1. The normalized spacial score (nSPS) is 15.8. The molecule has 2 aromatic rings. The van der Waals surface area contributed by atoms with Gasteiger partial charge in [0, 0.05) is 12.6 Å².